The molecule has 1 atom stereocenters. The molecule has 0 aromatic rings. The van der Waals surface area contributed by atoms with Crippen LogP contribution in [0.5, 0.6) is 0 Å². The fourth-order valence-electron chi connectivity index (χ4n) is 2.60. The van der Waals surface area contributed by atoms with Crippen LogP contribution < -0.4 is 5.32 Å². The van der Waals surface area contributed by atoms with E-state index in [4.69, 9.17) is 4.74 Å². The van der Waals surface area contributed by atoms with Gasteiger partial charge in [-0.25, -0.2) is 0 Å². The number of methoxy groups -OCH3 is 1. The smallest absolute Gasteiger partial charge is 0.0595 e. The predicted octanol–water partition coefficient (Wildman–Crippen LogP) is 0.953. The van der Waals surface area contributed by atoms with Crippen molar-refractivity contribution in [2.24, 2.45) is 11.8 Å². The Balaban J connectivity index is 1.67. The third-order valence-electron chi connectivity index (χ3n) is 4.03. The largest absolute Gasteiger partial charge is 0.381 e. The SMILES string of the molecule is COC1CCN(CC(C)C2CNC2)CC1. The van der Waals surface area contributed by atoms with E-state index in [0.717, 1.165) is 11.8 Å². The van der Waals surface area contributed by atoms with Crippen molar-refractivity contribution < 1.29 is 4.74 Å². The standard InChI is InChI=1S/C12H24N2O/c1-10(11-7-13-8-11)9-14-5-3-12(15-2)4-6-14/h10-13H,3-9H2,1-2H3. The number of rotatable bonds is 4. The minimum absolute atomic E-state index is 0.516. The molecule has 2 aliphatic heterocycles. The zero-order valence-corrected chi connectivity index (χ0v) is 10.0. The zero-order valence-electron chi connectivity index (χ0n) is 10.0. The number of nitrogens with one attached hydrogen (secondary N) is 1. The molecule has 1 unspecified atom stereocenters. The van der Waals surface area contributed by atoms with Crippen LogP contribution in [0, 0.1) is 11.8 Å². The molecule has 88 valence electrons. The number of nitrogens with zero attached hydrogens (tertiary/aromatic N) is 1. The number of piperidine rings is 1. The van der Waals surface area contributed by atoms with Gasteiger partial charge in [0.15, 0.2) is 0 Å². The summed E-state index contributed by atoms with van der Waals surface area (Å²) in [7, 11) is 1.84. The van der Waals surface area contributed by atoms with Crippen molar-refractivity contribution >= 4 is 0 Å². The summed E-state index contributed by atoms with van der Waals surface area (Å²) in [5.74, 6) is 1.77. The molecule has 15 heavy (non-hydrogen) atoms. The van der Waals surface area contributed by atoms with Gasteiger partial charge < -0.3 is 15.0 Å². The Morgan fingerprint density at radius 2 is 2.00 bits per heavy atom. The Morgan fingerprint density at radius 1 is 1.33 bits per heavy atom. The normalized spacial score (nSPS) is 27.6. The van der Waals surface area contributed by atoms with Gasteiger partial charge in [-0.15, -0.1) is 0 Å². The highest BCUT2D eigenvalue weighted by molar-refractivity contribution is 4.82. The molecule has 2 fully saturated rings. The van der Waals surface area contributed by atoms with E-state index < -0.39 is 0 Å². The fourth-order valence-corrected chi connectivity index (χ4v) is 2.60. The van der Waals surface area contributed by atoms with Crippen molar-refractivity contribution in [3.63, 3.8) is 0 Å². The maximum Gasteiger partial charge on any atom is 0.0595 e. The summed E-state index contributed by atoms with van der Waals surface area (Å²) in [6.07, 6.45) is 2.94. The van der Waals surface area contributed by atoms with Crippen LogP contribution in [0.25, 0.3) is 0 Å². The van der Waals surface area contributed by atoms with Gasteiger partial charge in [0.1, 0.15) is 0 Å². The van der Waals surface area contributed by atoms with E-state index in [1.54, 1.807) is 0 Å². The Morgan fingerprint density at radius 3 is 2.47 bits per heavy atom. The maximum atomic E-state index is 5.39. The van der Waals surface area contributed by atoms with E-state index >= 15 is 0 Å². The minimum atomic E-state index is 0.516. The number of likely N-dealkylation sites (tertiary alicyclic amines) is 1. The molecule has 0 aromatic carbocycles. The van der Waals surface area contributed by atoms with E-state index in [1.165, 1.54) is 45.6 Å². The van der Waals surface area contributed by atoms with Crippen LogP contribution in [0.4, 0.5) is 0 Å². The van der Waals surface area contributed by atoms with Gasteiger partial charge in [-0.05, 0) is 37.8 Å². The predicted molar refractivity (Wildman–Crippen MR) is 62.0 cm³/mol. The summed E-state index contributed by atoms with van der Waals surface area (Å²) in [5, 5.41) is 3.36. The van der Waals surface area contributed by atoms with E-state index in [1.807, 2.05) is 7.11 Å². The lowest BCUT2D eigenvalue weighted by Gasteiger charge is -2.38. The molecule has 0 aromatic heterocycles. The van der Waals surface area contributed by atoms with Crippen LogP contribution in [0.3, 0.4) is 0 Å². The lowest BCUT2D eigenvalue weighted by molar-refractivity contribution is 0.0324. The van der Waals surface area contributed by atoms with Gasteiger partial charge >= 0.3 is 0 Å². The summed E-state index contributed by atoms with van der Waals surface area (Å²) < 4.78 is 5.39. The summed E-state index contributed by atoms with van der Waals surface area (Å²) in [5.41, 5.74) is 0. The van der Waals surface area contributed by atoms with Gasteiger partial charge in [0.25, 0.3) is 0 Å². The maximum absolute atomic E-state index is 5.39. The summed E-state index contributed by atoms with van der Waals surface area (Å²) in [6, 6.07) is 0. The minimum Gasteiger partial charge on any atom is -0.381 e. The first-order chi connectivity index (χ1) is 7.29. The molecule has 0 bridgehead atoms. The van der Waals surface area contributed by atoms with Gasteiger partial charge in [0.2, 0.25) is 0 Å². The third kappa shape index (κ3) is 2.92. The first-order valence-electron chi connectivity index (χ1n) is 6.25. The molecule has 3 heteroatoms. The highest BCUT2D eigenvalue weighted by Gasteiger charge is 2.26. The van der Waals surface area contributed by atoms with Crippen molar-refractivity contribution in [2.75, 3.05) is 39.8 Å². The molecule has 2 aliphatic rings. The molecule has 0 spiro atoms. The van der Waals surface area contributed by atoms with E-state index in [-0.39, 0.29) is 0 Å². The highest BCUT2D eigenvalue weighted by Crippen LogP contribution is 2.20. The highest BCUT2D eigenvalue weighted by atomic mass is 16.5. The molecule has 0 aliphatic carbocycles. The Labute approximate surface area is 93.2 Å². The Bertz CT molecular complexity index is 186. The number of hydrogen-bond donors (Lipinski definition) is 1. The molecular weight excluding hydrogens is 188 g/mol. The zero-order chi connectivity index (χ0) is 10.7. The molecule has 1 N–H and O–H groups in total. The van der Waals surface area contributed by atoms with Gasteiger partial charge in [0.05, 0.1) is 6.10 Å². The number of hydrogen-bond acceptors (Lipinski definition) is 3. The van der Waals surface area contributed by atoms with Crippen molar-refractivity contribution in [2.45, 2.75) is 25.9 Å². The van der Waals surface area contributed by atoms with Crippen LogP contribution in [0.1, 0.15) is 19.8 Å². The lowest BCUT2D eigenvalue weighted by Crippen LogP contribution is -2.49. The first kappa shape index (κ1) is 11.4. The number of ether oxygens (including phenoxy) is 1. The Kier molecular flexibility index (Phi) is 4.00. The van der Waals surface area contributed by atoms with Gasteiger partial charge in [0, 0.05) is 26.7 Å². The second kappa shape index (κ2) is 5.28. The van der Waals surface area contributed by atoms with Crippen LogP contribution in [0.2, 0.25) is 0 Å². The second-order valence-electron chi connectivity index (χ2n) is 5.13. The molecule has 0 radical (unpaired) electrons. The second-order valence-corrected chi connectivity index (χ2v) is 5.13. The van der Waals surface area contributed by atoms with Crippen LogP contribution in [-0.4, -0.2) is 50.8 Å². The van der Waals surface area contributed by atoms with E-state index in [0.29, 0.717) is 6.10 Å². The fraction of sp³-hybridized carbons (Fsp3) is 1.00. The van der Waals surface area contributed by atoms with Gasteiger partial charge in [-0.1, -0.05) is 6.92 Å². The average Bonchev–Trinajstić information content (AvgIpc) is 2.16. The van der Waals surface area contributed by atoms with Crippen molar-refractivity contribution in [1.82, 2.24) is 10.2 Å². The monoisotopic (exact) mass is 212 g/mol. The topological polar surface area (TPSA) is 24.5 Å². The molecular formula is C12H24N2O. The molecule has 3 nitrogen and oxygen atoms in total. The molecule has 2 rings (SSSR count). The molecule has 0 saturated carbocycles. The summed E-state index contributed by atoms with van der Waals surface area (Å²) in [6.45, 7) is 8.59. The Hall–Kier alpha value is -0.120. The first-order valence-corrected chi connectivity index (χ1v) is 6.25. The van der Waals surface area contributed by atoms with Gasteiger partial charge in [-0.3, -0.25) is 0 Å². The molecule has 0 amide bonds. The van der Waals surface area contributed by atoms with Crippen LogP contribution in [-0.2, 0) is 4.74 Å². The third-order valence-corrected chi connectivity index (χ3v) is 4.03. The summed E-state index contributed by atoms with van der Waals surface area (Å²) in [4.78, 5) is 2.61. The van der Waals surface area contributed by atoms with Crippen molar-refractivity contribution in [3.8, 4) is 0 Å². The van der Waals surface area contributed by atoms with Crippen LogP contribution in [0.15, 0.2) is 0 Å². The summed E-state index contributed by atoms with van der Waals surface area (Å²) >= 11 is 0. The van der Waals surface area contributed by atoms with Crippen molar-refractivity contribution in [1.29, 1.82) is 0 Å². The molecule has 2 saturated heterocycles. The van der Waals surface area contributed by atoms with Crippen molar-refractivity contribution in [3.05, 3.63) is 0 Å². The molecule has 2 heterocycles. The van der Waals surface area contributed by atoms with Crippen LogP contribution >= 0.6 is 0 Å². The van der Waals surface area contributed by atoms with E-state index in [2.05, 4.69) is 17.1 Å². The average molecular weight is 212 g/mol. The quantitative estimate of drug-likeness (QED) is 0.751. The van der Waals surface area contributed by atoms with Gasteiger partial charge in [-0.2, -0.15) is 0 Å². The lowest BCUT2D eigenvalue weighted by atomic mass is 9.88. The van der Waals surface area contributed by atoms with E-state index in [9.17, 15) is 0 Å².